The van der Waals surface area contributed by atoms with Crippen LogP contribution >= 0.6 is 27.5 Å². The van der Waals surface area contributed by atoms with Gasteiger partial charge in [0, 0.05) is 30.2 Å². The highest BCUT2D eigenvalue weighted by molar-refractivity contribution is 9.10. The van der Waals surface area contributed by atoms with Crippen LogP contribution in [0.2, 0.25) is 5.02 Å². The summed E-state index contributed by atoms with van der Waals surface area (Å²) in [4.78, 5) is 27.4. The van der Waals surface area contributed by atoms with E-state index in [1.54, 1.807) is 32.7 Å². The van der Waals surface area contributed by atoms with Crippen molar-refractivity contribution in [3.8, 4) is 0 Å². The van der Waals surface area contributed by atoms with Gasteiger partial charge in [-0.15, -0.1) is 0 Å². The molecule has 0 bridgehead atoms. The molecule has 0 aromatic heterocycles. The van der Waals surface area contributed by atoms with Gasteiger partial charge in [0.05, 0.1) is 11.1 Å². The molecule has 0 atom stereocenters. The fourth-order valence-corrected chi connectivity index (χ4v) is 2.76. The number of rotatable bonds is 2. The molecule has 0 N–H and O–H groups in total. The molecule has 8 heteroatoms. The van der Waals surface area contributed by atoms with Crippen molar-refractivity contribution in [1.82, 2.24) is 9.80 Å². The molecule has 5 nitrogen and oxygen atoms in total. The monoisotopic (exact) mass is 420 g/mol. The summed E-state index contributed by atoms with van der Waals surface area (Å²) >= 11 is 8.85. The van der Waals surface area contributed by atoms with Crippen LogP contribution in [0.25, 0.3) is 0 Å². The topological polar surface area (TPSA) is 49.9 Å². The van der Waals surface area contributed by atoms with Crippen molar-refractivity contribution < 1.29 is 18.7 Å². The Morgan fingerprint density at radius 3 is 2.46 bits per heavy atom. The van der Waals surface area contributed by atoms with Gasteiger partial charge in [-0.25, -0.2) is 9.18 Å². The summed E-state index contributed by atoms with van der Waals surface area (Å²) in [6, 6.07) is 2.48. The lowest BCUT2D eigenvalue weighted by molar-refractivity contribution is -0.00207. The van der Waals surface area contributed by atoms with Crippen molar-refractivity contribution in [2.45, 2.75) is 32.4 Å². The predicted molar refractivity (Wildman–Crippen MR) is 92.8 cm³/mol. The Kier molecular flexibility index (Phi) is 5.44. The van der Waals surface area contributed by atoms with Crippen LogP contribution in [0.1, 0.15) is 31.1 Å². The molecule has 0 unspecified atom stereocenters. The van der Waals surface area contributed by atoms with Gasteiger partial charge in [0.1, 0.15) is 11.4 Å². The maximum atomic E-state index is 13.7. The number of ether oxygens (including phenoxy) is 1. The van der Waals surface area contributed by atoms with Crippen LogP contribution in [0.3, 0.4) is 0 Å². The van der Waals surface area contributed by atoms with Gasteiger partial charge in [-0.3, -0.25) is 4.79 Å². The highest BCUT2D eigenvalue weighted by atomic mass is 79.9. The Bertz CT molecular complexity index is 649. The van der Waals surface area contributed by atoms with Gasteiger partial charge in [-0.1, -0.05) is 11.6 Å². The van der Waals surface area contributed by atoms with Crippen molar-refractivity contribution >= 4 is 39.5 Å². The van der Waals surface area contributed by atoms with Gasteiger partial charge in [0.15, 0.2) is 0 Å². The second-order valence-electron chi connectivity index (χ2n) is 6.71. The second kappa shape index (κ2) is 6.88. The first-order valence-electron chi connectivity index (χ1n) is 7.39. The normalized spacial score (nSPS) is 15.0. The van der Waals surface area contributed by atoms with E-state index in [-0.39, 0.29) is 22.5 Å². The van der Waals surface area contributed by atoms with E-state index in [4.69, 9.17) is 16.3 Å². The Morgan fingerprint density at radius 1 is 1.38 bits per heavy atom. The molecule has 1 aliphatic rings. The summed E-state index contributed by atoms with van der Waals surface area (Å²) in [5.74, 6) is -0.961. The number of carbonyl (C=O) groups is 2. The quantitative estimate of drug-likeness (QED) is 0.680. The standard InChI is InChI=1S/C16H19BrClFN2O3/c1-16(2,3)24-15(23)20(4)10-7-21(8-10)14(22)9-5-11(17)13(18)12(19)6-9/h5-6,10H,7-8H2,1-4H3. The minimum absolute atomic E-state index is 0.0577. The molecule has 2 amide bonds. The van der Waals surface area contributed by atoms with Gasteiger partial charge in [-0.2, -0.15) is 0 Å². The molecule has 0 aliphatic carbocycles. The maximum Gasteiger partial charge on any atom is 0.410 e. The van der Waals surface area contributed by atoms with Crippen LogP contribution in [0.5, 0.6) is 0 Å². The lowest BCUT2D eigenvalue weighted by Crippen LogP contribution is -2.61. The first-order chi connectivity index (χ1) is 11.0. The largest absolute Gasteiger partial charge is 0.444 e. The molecular formula is C16H19BrClFN2O3. The van der Waals surface area contributed by atoms with E-state index >= 15 is 0 Å². The van der Waals surface area contributed by atoms with Crippen molar-refractivity contribution in [3.63, 3.8) is 0 Å². The summed E-state index contributed by atoms with van der Waals surface area (Å²) in [5, 5.41) is -0.0577. The SMILES string of the molecule is CN(C(=O)OC(C)(C)C)C1CN(C(=O)c2cc(F)c(Cl)c(Br)c2)C1. The van der Waals surface area contributed by atoms with Crippen LogP contribution in [-0.4, -0.2) is 53.6 Å². The Morgan fingerprint density at radius 2 is 1.96 bits per heavy atom. The second-order valence-corrected chi connectivity index (χ2v) is 7.94. The number of likely N-dealkylation sites (N-methyl/N-ethyl adjacent to an activating group) is 1. The Balaban J connectivity index is 1.97. The molecule has 2 rings (SSSR count). The smallest absolute Gasteiger partial charge is 0.410 e. The van der Waals surface area contributed by atoms with Crippen LogP contribution in [0.4, 0.5) is 9.18 Å². The van der Waals surface area contributed by atoms with Gasteiger partial charge >= 0.3 is 6.09 Å². The third-order valence-corrected chi connectivity index (χ3v) is 4.85. The van der Waals surface area contributed by atoms with E-state index in [1.165, 1.54) is 11.0 Å². The first kappa shape index (κ1) is 19.0. The zero-order valence-electron chi connectivity index (χ0n) is 13.9. The lowest BCUT2D eigenvalue weighted by atomic mass is 10.1. The van der Waals surface area contributed by atoms with Gasteiger partial charge in [0.25, 0.3) is 5.91 Å². The summed E-state index contributed by atoms with van der Waals surface area (Å²) in [5.41, 5.74) is -0.361. The van der Waals surface area contributed by atoms with Crippen LogP contribution in [0.15, 0.2) is 16.6 Å². The third-order valence-electron chi connectivity index (χ3n) is 3.61. The highest BCUT2D eigenvalue weighted by Crippen LogP contribution is 2.28. The van der Waals surface area contributed by atoms with E-state index < -0.39 is 17.5 Å². The minimum atomic E-state index is -0.655. The van der Waals surface area contributed by atoms with Crippen molar-refractivity contribution in [2.75, 3.05) is 20.1 Å². The fourth-order valence-electron chi connectivity index (χ4n) is 2.21. The van der Waals surface area contributed by atoms with Gasteiger partial charge in [-0.05, 0) is 48.8 Å². The third kappa shape index (κ3) is 4.19. The number of likely N-dealkylation sites (tertiary alicyclic amines) is 1. The molecule has 1 aliphatic heterocycles. The van der Waals surface area contributed by atoms with Gasteiger partial charge in [0.2, 0.25) is 0 Å². The van der Waals surface area contributed by atoms with E-state index in [0.717, 1.165) is 6.07 Å². The molecule has 0 radical (unpaired) electrons. The van der Waals surface area contributed by atoms with Crippen molar-refractivity contribution in [2.24, 2.45) is 0 Å². The zero-order valence-corrected chi connectivity index (χ0v) is 16.2. The average molecular weight is 422 g/mol. The zero-order chi connectivity index (χ0) is 18.2. The highest BCUT2D eigenvalue weighted by Gasteiger charge is 2.37. The Labute approximate surface area is 153 Å². The van der Waals surface area contributed by atoms with Crippen LogP contribution in [-0.2, 0) is 4.74 Å². The molecule has 1 aromatic carbocycles. The molecule has 1 fully saturated rings. The molecule has 1 heterocycles. The summed E-state index contributed by atoms with van der Waals surface area (Å²) in [6.45, 7) is 6.12. The number of hydrogen-bond donors (Lipinski definition) is 0. The summed E-state index contributed by atoms with van der Waals surface area (Å²) in [7, 11) is 1.64. The summed E-state index contributed by atoms with van der Waals surface area (Å²) in [6.07, 6.45) is -0.431. The number of hydrogen-bond acceptors (Lipinski definition) is 3. The first-order valence-corrected chi connectivity index (χ1v) is 8.56. The molecular weight excluding hydrogens is 403 g/mol. The molecule has 132 valence electrons. The van der Waals surface area contributed by atoms with Crippen LogP contribution in [0, 0.1) is 5.82 Å². The number of halogens is 3. The molecule has 0 saturated carbocycles. The molecule has 24 heavy (non-hydrogen) atoms. The van der Waals surface area contributed by atoms with Crippen molar-refractivity contribution in [1.29, 1.82) is 0 Å². The van der Waals surface area contributed by atoms with Crippen LogP contribution < -0.4 is 0 Å². The minimum Gasteiger partial charge on any atom is -0.444 e. The molecule has 1 saturated heterocycles. The predicted octanol–water partition coefficient (Wildman–Crippen LogP) is 3.93. The van der Waals surface area contributed by atoms with E-state index in [1.807, 2.05) is 0 Å². The lowest BCUT2D eigenvalue weighted by Gasteiger charge is -2.44. The fraction of sp³-hybridized carbons (Fsp3) is 0.500. The van der Waals surface area contributed by atoms with Gasteiger partial charge < -0.3 is 14.5 Å². The Hall–Kier alpha value is -1.34. The average Bonchev–Trinajstić information content (AvgIpc) is 2.40. The van der Waals surface area contributed by atoms with E-state index in [9.17, 15) is 14.0 Å². The summed E-state index contributed by atoms with van der Waals surface area (Å²) < 4.78 is 19.3. The molecule has 1 aromatic rings. The van der Waals surface area contributed by atoms with Crippen molar-refractivity contribution in [3.05, 3.63) is 33.0 Å². The van der Waals surface area contributed by atoms with E-state index in [2.05, 4.69) is 15.9 Å². The number of benzene rings is 1. The number of carbonyl (C=O) groups excluding carboxylic acids is 2. The molecule has 0 spiro atoms. The number of amides is 2. The number of nitrogens with zero attached hydrogens (tertiary/aromatic N) is 2. The van der Waals surface area contributed by atoms with E-state index in [0.29, 0.717) is 17.6 Å². The maximum absolute atomic E-state index is 13.7.